The van der Waals surface area contributed by atoms with Gasteiger partial charge in [0.05, 0.1) is 0 Å². The van der Waals surface area contributed by atoms with Crippen LogP contribution in [0.25, 0.3) is 0 Å². The summed E-state index contributed by atoms with van der Waals surface area (Å²) in [7, 11) is 0. The molecule has 1 aromatic heterocycles. The van der Waals surface area contributed by atoms with Crippen LogP contribution in [0.3, 0.4) is 0 Å². The fourth-order valence-electron chi connectivity index (χ4n) is 1.04. The maximum absolute atomic E-state index is 4.11. The molecule has 0 aliphatic carbocycles. The Labute approximate surface area is 99.1 Å². The number of aromatic nitrogens is 2. The number of aryl methyl sites for hydroxylation is 1. The average Bonchev–Trinajstić information content (AvgIpc) is 2.04. The van der Waals surface area contributed by atoms with Gasteiger partial charge in [-0.3, -0.25) is 0 Å². The van der Waals surface area contributed by atoms with E-state index in [0.717, 1.165) is 17.7 Å². The smallest absolute Gasteiger partial charge is 0 e. The first-order chi connectivity index (χ1) is 5.25. The van der Waals surface area contributed by atoms with Crippen LogP contribution in [0, 0.1) is 13.1 Å². The summed E-state index contributed by atoms with van der Waals surface area (Å²) < 4.78 is 0. The Balaban J connectivity index is 0.00000121. The summed E-state index contributed by atoms with van der Waals surface area (Å²) in [5.41, 5.74) is 2.20. The van der Waals surface area contributed by atoms with E-state index in [-0.39, 0.29) is 32.7 Å². The van der Waals surface area contributed by atoms with Crippen LogP contribution in [-0.2, 0) is 32.7 Å². The van der Waals surface area contributed by atoms with E-state index in [0.29, 0.717) is 5.92 Å². The molecule has 0 amide bonds. The molecule has 1 atom stereocenters. The van der Waals surface area contributed by atoms with Crippen molar-refractivity contribution in [3.63, 3.8) is 0 Å². The summed E-state index contributed by atoms with van der Waals surface area (Å²) in [5, 5.41) is 0. The minimum Gasteiger partial charge on any atom is -0.376 e. The molecule has 0 bridgehead atoms. The van der Waals surface area contributed by atoms with Gasteiger partial charge in [-0.25, -0.2) is 0 Å². The van der Waals surface area contributed by atoms with Gasteiger partial charge in [0.15, 0.2) is 0 Å². The van der Waals surface area contributed by atoms with E-state index in [1.807, 2.05) is 6.92 Å². The Morgan fingerprint density at radius 2 is 2.25 bits per heavy atom. The summed E-state index contributed by atoms with van der Waals surface area (Å²) >= 11 is 0. The number of hydrogen-bond acceptors (Lipinski definition) is 2. The quantitative estimate of drug-likeness (QED) is 0.737. The van der Waals surface area contributed by atoms with Gasteiger partial charge in [-0.05, 0) is 12.2 Å². The molecule has 0 saturated carbocycles. The molecule has 1 rings (SSSR count). The van der Waals surface area contributed by atoms with Gasteiger partial charge in [0.25, 0.3) is 0 Å². The van der Waals surface area contributed by atoms with Crippen LogP contribution in [0.2, 0.25) is 0 Å². The fraction of sp³-hybridized carbons (Fsp3) is 0.556. The van der Waals surface area contributed by atoms with Crippen LogP contribution in [0.5, 0.6) is 0 Å². The van der Waals surface area contributed by atoms with Crippen molar-refractivity contribution in [1.29, 1.82) is 0 Å². The van der Waals surface area contributed by atoms with Gasteiger partial charge in [-0.15, -0.1) is 5.56 Å². The van der Waals surface area contributed by atoms with Crippen molar-refractivity contribution in [2.24, 2.45) is 0 Å². The van der Waals surface area contributed by atoms with Gasteiger partial charge in [0.2, 0.25) is 0 Å². The van der Waals surface area contributed by atoms with Gasteiger partial charge >= 0.3 is 0 Å². The number of rotatable bonds is 2. The zero-order valence-corrected chi connectivity index (χ0v) is 10.7. The van der Waals surface area contributed by atoms with Gasteiger partial charge in [0.1, 0.15) is 0 Å². The summed E-state index contributed by atoms with van der Waals surface area (Å²) in [6.07, 6.45) is 5.63. The maximum atomic E-state index is 4.11. The van der Waals surface area contributed by atoms with Crippen LogP contribution in [0.4, 0.5) is 0 Å². The van der Waals surface area contributed by atoms with Crippen molar-refractivity contribution in [3.8, 4) is 0 Å². The second-order valence-electron chi connectivity index (χ2n) is 2.79. The molecule has 1 radical (unpaired) electrons. The van der Waals surface area contributed by atoms with E-state index in [4.69, 9.17) is 0 Å². The third-order valence-corrected chi connectivity index (χ3v) is 1.99. The standard InChI is InChI=1S/C9H13N2.Y/c1-4-7(2)9-5-10-6-11-8(9)3;/h6-7H,4H2,1-3H3;/q-1;/t7-;/m1./s1. The molecular weight excluding hydrogens is 225 g/mol. The van der Waals surface area contributed by atoms with Crippen LogP contribution in [-0.4, -0.2) is 9.97 Å². The first-order valence-electron chi connectivity index (χ1n) is 3.94. The van der Waals surface area contributed by atoms with Gasteiger partial charge in [-0.1, -0.05) is 39.1 Å². The molecule has 0 spiro atoms. The van der Waals surface area contributed by atoms with E-state index >= 15 is 0 Å². The zero-order valence-electron chi connectivity index (χ0n) is 7.83. The van der Waals surface area contributed by atoms with E-state index in [9.17, 15) is 0 Å². The van der Waals surface area contributed by atoms with E-state index in [2.05, 4.69) is 30.0 Å². The van der Waals surface area contributed by atoms with Crippen molar-refractivity contribution < 1.29 is 32.7 Å². The third-order valence-electron chi connectivity index (χ3n) is 1.99. The molecule has 0 aromatic carbocycles. The predicted octanol–water partition coefficient (Wildman–Crippen LogP) is 2.10. The SMILES string of the molecule is CC[C@@H](C)c1[c-]ncnc1C.[Y]. The van der Waals surface area contributed by atoms with Crippen molar-refractivity contribution >= 4 is 0 Å². The summed E-state index contributed by atoms with van der Waals surface area (Å²) in [6.45, 7) is 6.33. The Bertz CT molecular complexity index is 238. The summed E-state index contributed by atoms with van der Waals surface area (Å²) in [5.74, 6) is 0.524. The Morgan fingerprint density at radius 3 is 2.75 bits per heavy atom. The number of hydrogen-bond donors (Lipinski definition) is 0. The molecule has 1 heterocycles. The van der Waals surface area contributed by atoms with Crippen LogP contribution >= 0.6 is 0 Å². The van der Waals surface area contributed by atoms with Crippen LogP contribution in [0.1, 0.15) is 37.4 Å². The molecule has 0 fully saturated rings. The van der Waals surface area contributed by atoms with E-state index in [1.54, 1.807) is 6.33 Å². The van der Waals surface area contributed by atoms with Crippen molar-refractivity contribution in [1.82, 2.24) is 9.97 Å². The van der Waals surface area contributed by atoms with Crippen molar-refractivity contribution in [2.45, 2.75) is 33.1 Å². The second kappa shape index (κ2) is 5.77. The first kappa shape index (κ1) is 12.2. The summed E-state index contributed by atoms with van der Waals surface area (Å²) in [4.78, 5) is 7.98. The topological polar surface area (TPSA) is 25.8 Å². The van der Waals surface area contributed by atoms with Gasteiger partial charge in [-0.2, -0.15) is 0 Å². The molecule has 2 nitrogen and oxygen atoms in total. The molecule has 0 unspecified atom stereocenters. The molecule has 12 heavy (non-hydrogen) atoms. The Hall–Kier alpha value is 0.184. The Morgan fingerprint density at radius 1 is 1.58 bits per heavy atom. The monoisotopic (exact) mass is 238 g/mol. The maximum Gasteiger partial charge on any atom is 0 e. The zero-order chi connectivity index (χ0) is 8.27. The van der Waals surface area contributed by atoms with Crippen LogP contribution < -0.4 is 0 Å². The molecule has 0 saturated heterocycles. The largest absolute Gasteiger partial charge is 0.376 e. The van der Waals surface area contributed by atoms with Crippen molar-refractivity contribution in [2.75, 3.05) is 0 Å². The van der Waals surface area contributed by atoms with E-state index in [1.165, 1.54) is 0 Å². The minimum absolute atomic E-state index is 0. The normalized spacial score (nSPS) is 11.9. The van der Waals surface area contributed by atoms with Crippen LogP contribution in [0.15, 0.2) is 6.33 Å². The molecule has 0 N–H and O–H groups in total. The summed E-state index contributed by atoms with van der Waals surface area (Å²) in [6, 6.07) is 0. The molecule has 0 aliphatic heterocycles. The first-order valence-corrected chi connectivity index (χ1v) is 3.94. The molecular formula is C9H13N2Y-. The molecule has 3 heteroatoms. The van der Waals surface area contributed by atoms with Crippen molar-refractivity contribution in [3.05, 3.63) is 23.8 Å². The molecule has 1 aromatic rings. The second-order valence-corrected chi connectivity index (χ2v) is 2.79. The average molecular weight is 238 g/mol. The molecule has 0 aliphatic rings. The predicted molar refractivity (Wildman–Crippen MR) is 44.3 cm³/mol. The van der Waals surface area contributed by atoms with E-state index < -0.39 is 0 Å². The number of nitrogens with zero attached hydrogens (tertiary/aromatic N) is 2. The Kier molecular flexibility index (Phi) is 5.85. The van der Waals surface area contributed by atoms with Gasteiger partial charge < -0.3 is 9.97 Å². The fourth-order valence-corrected chi connectivity index (χ4v) is 1.04. The molecule has 63 valence electrons. The van der Waals surface area contributed by atoms with Gasteiger partial charge in [0, 0.05) is 32.7 Å². The third kappa shape index (κ3) is 2.91. The minimum atomic E-state index is 0.